The second-order valence-electron chi connectivity index (χ2n) is 7.02. The van der Waals surface area contributed by atoms with Gasteiger partial charge in [0.1, 0.15) is 5.82 Å². The minimum Gasteiger partial charge on any atom is -0.312 e. The van der Waals surface area contributed by atoms with E-state index >= 15 is 0 Å². The minimum atomic E-state index is -0.432. The van der Waals surface area contributed by atoms with Gasteiger partial charge in [0, 0.05) is 24.4 Å². The summed E-state index contributed by atoms with van der Waals surface area (Å²) in [6, 6.07) is 14.0. The summed E-state index contributed by atoms with van der Waals surface area (Å²) in [7, 11) is 0. The van der Waals surface area contributed by atoms with E-state index in [-0.39, 0.29) is 24.1 Å². The highest BCUT2D eigenvalue weighted by molar-refractivity contribution is 8.00. The highest BCUT2D eigenvalue weighted by atomic mass is 32.2. The Labute approximate surface area is 181 Å². The van der Waals surface area contributed by atoms with Crippen LogP contribution in [0.25, 0.3) is 0 Å². The molecule has 0 radical (unpaired) electrons. The van der Waals surface area contributed by atoms with Gasteiger partial charge in [0.25, 0.3) is 0 Å². The molecule has 6 nitrogen and oxygen atoms in total. The number of nitrogens with one attached hydrogen (secondary N) is 1. The van der Waals surface area contributed by atoms with Gasteiger partial charge in [0.2, 0.25) is 16.9 Å². The molecular formula is C21H19FN4O2S2. The number of aromatic nitrogens is 2. The van der Waals surface area contributed by atoms with Crippen LogP contribution in [-0.2, 0) is 15.3 Å². The predicted octanol–water partition coefficient (Wildman–Crippen LogP) is 4.27. The average molecular weight is 443 g/mol. The van der Waals surface area contributed by atoms with Crippen molar-refractivity contribution in [3.05, 3.63) is 65.5 Å². The maximum Gasteiger partial charge on any atom is 0.231 e. The van der Waals surface area contributed by atoms with E-state index < -0.39 is 5.92 Å². The zero-order valence-corrected chi connectivity index (χ0v) is 17.8. The van der Waals surface area contributed by atoms with Gasteiger partial charge in [0.05, 0.1) is 5.92 Å². The summed E-state index contributed by atoms with van der Waals surface area (Å²) < 4.78 is 13.7. The molecule has 1 N–H and O–H groups in total. The van der Waals surface area contributed by atoms with Gasteiger partial charge in [-0.05, 0) is 36.8 Å². The second kappa shape index (κ2) is 8.93. The van der Waals surface area contributed by atoms with Crippen molar-refractivity contribution in [3.8, 4) is 0 Å². The van der Waals surface area contributed by atoms with Gasteiger partial charge in [-0.25, -0.2) is 4.39 Å². The Kier molecular flexibility index (Phi) is 6.10. The van der Waals surface area contributed by atoms with Crippen molar-refractivity contribution >= 4 is 45.7 Å². The van der Waals surface area contributed by atoms with Crippen molar-refractivity contribution < 1.29 is 14.0 Å². The van der Waals surface area contributed by atoms with Crippen LogP contribution in [0.3, 0.4) is 0 Å². The molecule has 0 spiro atoms. The Balaban J connectivity index is 1.32. The molecule has 3 aromatic rings. The van der Waals surface area contributed by atoms with E-state index in [0.717, 1.165) is 16.8 Å². The molecular weight excluding hydrogens is 423 g/mol. The van der Waals surface area contributed by atoms with Gasteiger partial charge in [-0.1, -0.05) is 52.9 Å². The zero-order chi connectivity index (χ0) is 21.1. The van der Waals surface area contributed by atoms with Crippen LogP contribution in [0.15, 0.2) is 52.9 Å². The topological polar surface area (TPSA) is 75.2 Å². The predicted molar refractivity (Wildman–Crippen MR) is 116 cm³/mol. The van der Waals surface area contributed by atoms with E-state index in [4.69, 9.17) is 0 Å². The van der Waals surface area contributed by atoms with Gasteiger partial charge >= 0.3 is 0 Å². The molecule has 1 atom stereocenters. The van der Waals surface area contributed by atoms with Crippen molar-refractivity contribution in [2.24, 2.45) is 5.92 Å². The van der Waals surface area contributed by atoms with E-state index in [9.17, 15) is 14.0 Å². The lowest BCUT2D eigenvalue weighted by molar-refractivity contribution is -0.122. The number of carbonyl (C=O) groups is 2. The number of aryl methyl sites for hydroxylation is 1. The summed E-state index contributed by atoms with van der Waals surface area (Å²) in [6.07, 6.45) is 0.171. The molecule has 1 saturated heterocycles. The lowest BCUT2D eigenvalue weighted by Gasteiger charge is -2.16. The van der Waals surface area contributed by atoms with Crippen LogP contribution in [0.1, 0.15) is 17.5 Å². The molecule has 1 aliphatic rings. The number of rotatable bonds is 6. The zero-order valence-electron chi connectivity index (χ0n) is 16.2. The van der Waals surface area contributed by atoms with Gasteiger partial charge < -0.3 is 10.2 Å². The summed E-state index contributed by atoms with van der Waals surface area (Å²) in [5.41, 5.74) is 2.89. The average Bonchev–Trinajstić information content (AvgIpc) is 3.35. The number of benzene rings is 2. The molecule has 1 aliphatic heterocycles. The van der Waals surface area contributed by atoms with Crippen molar-refractivity contribution in [3.63, 3.8) is 0 Å². The fourth-order valence-corrected chi connectivity index (χ4v) is 4.82. The summed E-state index contributed by atoms with van der Waals surface area (Å²) >= 11 is 2.75. The lowest BCUT2D eigenvalue weighted by atomic mass is 10.1. The van der Waals surface area contributed by atoms with E-state index in [2.05, 4.69) is 15.5 Å². The number of amides is 2. The molecule has 4 rings (SSSR count). The molecule has 1 unspecified atom stereocenters. The van der Waals surface area contributed by atoms with Gasteiger partial charge in [-0.3, -0.25) is 9.59 Å². The first-order chi connectivity index (χ1) is 14.5. The highest BCUT2D eigenvalue weighted by Crippen LogP contribution is 2.30. The van der Waals surface area contributed by atoms with Crippen molar-refractivity contribution in [1.29, 1.82) is 0 Å². The number of hydrogen-bond acceptors (Lipinski definition) is 6. The molecule has 0 aliphatic carbocycles. The third kappa shape index (κ3) is 4.85. The first kappa shape index (κ1) is 20.5. The number of anilines is 2. The summed E-state index contributed by atoms with van der Waals surface area (Å²) in [4.78, 5) is 26.6. The minimum absolute atomic E-state index is 0.0631. The van der Waals surface area contributed by atoms with Crippen LogP contribution in [0.2, 0.25) is 0 Å². The van der Waals surface area contributed by atoms with Gasteiger partial charge in [-0.2, -0.15) is 0 Å². The fraction of sp³-hybridized carbons (Fsp3) is 0.238. The molecule has 2 aromatic carbocycles. The maximum absolute atomic E-state index is 13.0. The smallest absolute Gasteiger partial charge is 0.231 e. The number of halogens is 1. The number of nitrogens with zero attached hydrogens (tertiary/aromatic N) is 3. The second-order valence-corrected chi connectivity index (χ2v) is 9.22. The molecule has 2 amide bonds. The Morgan fingerprint density at radius 1 is 1.20 bits per heavy atom. The third-order valence-corrected chi connectivity index (χ3v) is 6.80. The molecule has 154 valence electrons. The molecule has 2 heterocycles. The fourth-order valence-electron chi connectivity index (χ4n) is 3.11. The lowest BCUT2D eigenvalue weighted by Crippen LogP contribution is -2.28. The van der Waals surface area contributed by atoms with E-state index in [0.29, 0.717) is 21.8 Å². The quantitative estimate of drug-likeness (QED) is 0.456. The van der Waals surface area contributed by atoms with E-state index in [1.54, 1.807) is 17.0 Å². The van der Waals surface area contributed by atoms with E-state index in [1.165, 1.54) is 35.2 Å². The van der Waals surface area contributed by atoms with E-state index in [1.807, 2.05) is 31.2 Å². The maximum atomic E-state index is 13.0. The molecule has 30 heavy (non-hydrogen) atoms. The Bertz CT molecular complexity index is 1050. The Hall–Kier alpha value is -2.78. The number of carbonyl (C=O) groups excluding carboxylic acids is 2. The summed E-state index contributed by atoms with van der Waals surface area (Å²) in [5, 5.41) is 11.3. The highest BCUT2D eigenvalue weighted by Gasteiger charge is 2.35. The number of hydrogen-bond donors (Lipinski definition) is 1. The third-order valence-electron chi connectivity index (χ3n) is 4.75. The monoisotopic (exact) mass is 442 g/mol. The van der Waals surface area contributed by atoms with Crippen LogP contribution in [0, 0.1) is 18.7 Å². The normalized spacial score (nSPS) is 16.1. The van der Waals surface area contributed by atoms with Crippen molar-refractivity contribution in [1.82, 2.24) is 10.2 Å². The first-order valence-electron chi connectivity index (χ1n) is 9.36. The molecule has 1 fully saturated rings. The van der Waals surface area contributed by atoms with Crippen LogP contribution >= 0.6 is 23.1 Å². The first-order valence-corrected chi connectivity index (χ1v) is 11.2. The number of thioether (sulfide) groups is 1. The standard InChI is InChI=1S/C21H19FN4O2S2/c1-13-2-8-17(9-3-13)26-11-15(10-18(26)27)19(28)23-20-24-25-21(30-20)29-12-14-4-6-16(22)7-5-14/h2-9,15H,10-12H2,1H3,(H,23,24,28). The van der Waals surface area contributed by atoms with Crippen LogP contribution < -0.4 is 10.2 Å². The van der Waals surface area contributed by atoms with Crippen LogP contribution in [0.5, 0.6) is 0 Å². The molecule has 0 bridgehead atoms. The van der Waals surface area contributed by atoms with Gasteiger partial charge in [0.15, 0.2) is 4.34 Å². The summed E-state index contributed by atoms with van der Waals surface area (Å²) in [6.45, 7) is 2.33. The van der Waals surface area contributed by atoms with Crippen molar-refractivity contribution in [2.75, 3.05) is 16.8 Å². The van der Waals surface area contributed by atoms with Gasteiger partial charge in [-0.15, -0.1) is 10.2 Å². The molecule has 9 heteroatoms. The molecule has 0 saturated carbocycles. The van der Waals surface area contributed by atoms with Crippen LogP contribution in [0.4, 0.5) is 15.2 Å². The molecule has 1 aromatic heterocycles. The van der Waals surface area contributed by atoms with Crippen molar-refractivity contribution in [2.45, 2.75) is 23.4 Å². The van der Waals surface area contributed by atoms with Crippen LogP contribution in [-0.4, -0.2) is 28.6 Å². The largest absolute Gasteiger partial charge is 0.312 e. The SMILES string of the molecule is Cc1ccc(N2CC(C(=O)Nc3nnc(SCc4ccc(F)cc4)s3)CC2=O)cc1. The Morgan fingerprint density at radius 2 is 1.93 bits per heavy atom. The Morgan fingerprint density at radius 3 is 2.67 bits per heavy atom. The summed E-state index contributed by atoms with van der Waals surface area (Å²) in [5.74, 6) is -0.365.